The molecule has 0 bridgehead atoms. The number of likely N-dealkylation sites (tertiary alicyclic amines) is 1. The lowest BCUT2D eigenvalue weighted by Crippen LogP contribution is -2.41. The van der Waals surface area contributed by atoms with Gasteiger partial charge in [0.2, 0.25) is 0 Å². The average Bonchev–Trinajstić information content (AvgIpc) is 3.27. The Morgan fingerprint density at radius 1 is 1.35 bits per heavy atom. The normalized spacial score (nSPS) is 19.6. The summed E-state index contributed by atoms with van der Waals surface area (Å²) in [5.41, 5.74) is 2.70. The Labute approximate surface area is 175 Å². The first-order valence-electron chi connectivity index (χ1n) is 9.70. The minimum absolute atomic E-state index is 0. The van der Waals surface area contributed by atoms with Gasteiger partial charge in [-0.2, -0.15) is 0 Å². The van der Waals surface area contributed by atoms with Gasteiger partial charge in [-0.1, -0.05) is 19.1 Å². The molecule has 0 aliphatic carbocycles. The lowest BCUT2D eigenvalue weighted by atomic mass is 10.1. The maximum atomic E-state index is 5.57. The Kier molecular flexibility index (Phi) is 8.98. The fourth-order valence-corrected chi connectivity index (χ4v) is 3.78. The van der Waals surface area contributed by atoms with Crippen LogP contribution >= 0.6 is 24.0 Å². The molecular weight excluding hydrogens is 439 g/mol. The van der Waals surface area contributed by atoms with Gasteiger partial charge in [-0.25, -0.2) is 0 Å². The first-order chi connectivity index (χ1) is 12.3. The van der Waals surface area contributed by atoms with Crippen LogP contribution in [0, 0.1) is 5.92 Å². The standard InChI is InChI=1S/C20H32N4O.HI/c1-3-10-24-11-7-17(15-24)14-23-20(21-2)22-9-6-16-4-5-19-18(13-16)8-12-25-19;/h4-5,13,17H,3,6-12,14-15H2,1-2H3,(H2,21,22,23);1H. The molecule has 5 nitrogen and oxygen atoms in total. The van der Waals surface area contributed by atoms with E-state index in [1.807, 2.05) is 7.05 Å². The third-order valence-corrected chi connectivity index (χ3v) is 5.15. The molecule has 146 valence electrons. The van der Waals surface area contributed by atoms with Crippen LogP contribution in [0.15, 0.2) is 23.2 Å². The third kappa shape index (κ3) is 6.01. The zero-order valence-corrected chi connectivity index (χ0v) is 18.4. The molecule has 0 amide bonds. The molecule has 2 N–H and O–H groups in total. The van der Waals surface area contributed by atoms with Crippen LogP contribution in [0.1, 0.15) is 30.9 Å². The highest BCUT2D eigenvalue weighted by atomic mass is 127. The van der Waals surface area contributed by atoms with E-state index in [1.54, 1.807) is 0 Å². The molecule has 1 aromatic rings. The number of hydrogen-bond donors (Lipinski definition) is 2. The fourth-order valence-electron chi connectivity index (χ4n) is 3.78. The summed E-state index contributed by atoms with van der Waals surface area (Å²) in [4.78, 5) is 6.92. The zero-order chi connectivity index (χ0) is 17.5. The van der Waals surface area contributed by atoms with Gasteiger partial charge in [0.15, 0.2) is 5.96 Å². The lowest BCUT2D eigenvalue weighted by molar-refractivity contribution is 0.324. The number of nitrogens with one attached hydrogen (secondary N) is 2. The maximum Gasteiger partial charge on any atom is 0.190 e. The topological polar surface area (TPSA) is 48.9 Å². The van der Waals surface area contributed by atoms with Crippen molar-refractivity contribution in [3.63, 3.8) is 0 Å². The summed E-state index contributed by atoms with van der Waals surface area (Å²) >= 11 is 0. The zero-order valence-electron chi connectivity index (χ0n) is 16.1. The van der Waals surface area contributed by atoms with E-state index in [2.05, 4.69) is 45.6 Å². The first-order valence-corrected chi connectivity index (χ1v) is 9.70. The Morgan fingerprint density at radius 2 is 2.23 bits per heavy atom. The van der Waals surface area contributed by atoms with Crippen LogP contribution in [0.2, 0.25) is 0 Å². The van der Waals surface area contributed by atoms with Gasteiger partial charge in [-0.15, -0.1) is 24.0 Å². The molecule has 2 aliphatic rings. The SMILES string of the molecule is CCCN1CCC(CNC(=NC)NCCc2ccc3c(c2)CCO3)C1.I. The highest BCUT2D eigenvalue weighted by molar-refractivity contribution is 14.0. The van der Waals surface area contributed by atoms with Crippen molar-refractivity contribution in [2.45, 2.75) is 32.6 Å². The van der Waals surface area contributed by atoms with Crippen LogP contribution in [0.3, 0.4) is 0 Å². The predicted molar refractivity (Wildman–Crippen MR) is 119 cm³/mol. The van der Waals surface area contributed by atoms with Crippen molar-refractivity contribution in [2.24, 2.45) is 10.9 Å². The fraction of sp³-hybridized carbons (Fsp3) is 0.650. The van der Waals surface area contributed by atoms with E-state index in [-0.39, 0.29) is 24.0 Å². The number of guanidine groups is 1. The molecule has 0 spiro atoms. The van der Waals surface area contributed by atoms with E-state index >= 15 is 0 Å². The molecule has 0 saturated carbocycles. The van der Waals surface area contributed by atoms with Gasteiger partial charge in [0.1, 0.15) is 5.75 Å². The first kappa shape index (κ1) is 21.3. The van der Waals surface area contributed by atoms with E-state index in [4.69, 9.17) is 4.74 Å². The molecule has 1 atom stereocenters. The average molecular weight is 472 g/mol. The van der Waals surface area contributed by atoms with Crippen molar-refractivity contribution in [1.29, 1.82) is 0 Å². The van der Waals surface area contributed by atoms with E-state index in [1.165, 1.54) is 43.6 Å². The number of benzene rings is 1. The van der Waals surface area contributed by atoms with E-state index in [0.29, 0.717) is 0 Å². The van der Waals surface area contributed by atoms with Gasteiger partial charge >= 0.3 is 0 Å². The summed E-state index contributed by atoms with van der Waals surface area (Å²) in [6.45, 7) is 8.68. The summed E-state index contributed by atoms with van der Waals surface area (Å²) in [5.74, 6) is 2.71. The lowest BCUT2D eigenvalue weighted by Gasteiger charge is -2.17. The largest absolute Gasteiger partial charge is 0.493 e. The van der Waals surface area contributed by atoms with Gasteiger partial charge in [-0.05, 0) is 55.5 Å². The highest BCUT2D eigenvalue weighted by Crippen LogP contribution is 2.25. The van der Waals surface area contributed by atoms with Crippen LogP contribution in [-0.2, 0) is 12.8 Å². The summed E-state index contributed by atoms with van der Waals surface area (Å²) in [5, 5.41) is 6.93. The molecule has 0 aromatic heterocycles. The van der Waals surface area contributed by atoms with Crippen LogP contribution in [-0.4, -0.2) is 57.2 Å². The van der Waals surface area contributed by atoms with Crippen molar-refractivity contribution in [2.75, 3.05) is 46.4 Å². The molecule has 1 unspecified atom stereocenters. The van der Waals surface area contributed by atoms with Crippen molar-refractivity contribution >= 4 is 29.9 Å². The quantitative estimate of drug-likeness (QED) is 0.364. The number of ether oxygens (including phenoxy) is 1. The van der Waals surface area contributed by atoms with E-state index in [0.717, 1.165) is 50.2 Å². The summed E-state index contributed by atoms with van der Waals surface area (Å²) in [6.07, 6.45) is 4.58. The molecule has 2 aliphatic heterocycles. The van der Waals surface area contributed by atoms with Crippen molar-refractivity contribution in [3.05, 3.63) is 29.3 Å². The van der Waals surface area contributed by atoms with Crippen LogP contribution in [0.25, 0.3) is 0 Å². The molecule has 0 radical (unpaired) electrons. The van der Waals surface area contributed by atoms with Gasteiger partial charge in [-0.3, -0.25) is 4.99 Å². The summed E-state index contributed by atoms with van der Waals surface area (Å²) in [6, 6.07) is 6.55. The summed E-state index contributed by atoms with van der Waals surface area (Å²) < 4.78 is 5.57. The second-order valence-electron chi connectivity index (χ2n) is 7.13. The van der Waals surface area contributed by atoms with Gasteiger partial charge in [0, 0.05) is 33.1 Å². The molecule has 26 heavy (non-hydrogen) atoms. The Morgan fingerprint density at radius 3 is 3.04 bits per heavy atom. The van der Waals surface area contributed by atoms with Crippen LogP contribution in [0.5, 0.6) is 5.75 Å². The Balaban J connectivity index is 0.00000243. The van der Waals surface area contributed by atoms with Crippen molar-refractivity contribution in [3.8, 4) is 5.75 Å². The minimum atomic E-state index is 0. The summed E-state index contributed by atoms with van der Waals surface area (Å²) in [7, 11) is 1.85. The number of aliphatic imine (C=N–C) groups is 1. The molecule has 1 aromatic carbocycles. The number of halogens is 1. The monoisotopic (exact) mass is 472 g/mol. The molecule has 1 saturated heterocycles. The number of hydrogen-bond acceptors (Lipinski definition) is 3. The molecule has 3 rings (SSSR count). The molecular formula is C20H33IN4O. The van der Waals surface area contributed by atoms with E-state index in [9.17, 15) is 0 Å². The smallest absolute Gasteiger partial charge is 0.190 e. The van der Waals surface area contributed by atoms with Gasteiger partial charge < -0.3 is 20.3 Å². The molecule has 2 heterocycles. The van der Waals surface area contributed by atoms with Gasteiger partial charge in [0.05, 0.1) is 6.61 Å². The number of fused-ring (bicyclic) bond motifs is 1. The second-order valence-corrected chi connectivity index (χ2v) is 7.13. The van der Waals surface area contributed by atoms with Crippen LogP contribution in [0.4, 0.5) is 0 Å². The highest BCUT2D eigenvalue weighted by Gasteiger charge is 2.21. The predicted octanol–water partition coefficient (Wildman–Crippen LogP) is 2.68. The van der Waals surface area contributed by atoms with Gasteiger partial charge in [0.25, 0.3) is 0 Å². The van der Waals surface area contributed by atoms with Crippen molar-refractivity contribution in [1.82, 2.24) is 15.5 Å². The molecule has 1 fully saturated rings. The van der Waals surface area contributed by atoms with E-state index < -0.39 is 0 Å². The van der Waals surface area contributed by atoms with Crippen molar-refractivity contribution < 1.29 is 4.74 Å². The maximum absolute atomic E-state index is 5.57. The Bertz CT molecular complexity index is 593. The molecule has 6 heteroatoms. The third-order valence-electron chi connectivity index (χ3n) is 5.15. The Hall–Kier alpha value is -1.02. The van der Waals surface area contributed by atoms with Crippen LogP contribution < -0.4 is 15.4 Å². The minimum Gasteiger partial charge on any atom is -0.493 e. The number of nitrogens with zero attached hydrogens (tertiary/aromatic N) is 2. The number of rotatable bonds is 7. The second kappa shape index (κ2) is 11.0.